The second kappa shape index (κ2) is 5.96. The van der Waals surface area contributed by atoms with Crippen molar-refractivity contribution in [3.8, 4) is 0 Å². The number of anilines is 3. The second-order valence-electron chi connectivity index (χ2n) is 4.62. The molecule has 0 spiro atoms. The van der Waals surface area contributed by atoms with Gasteiger partial charge in [0.15, 0.2) is 0 Å². The zero-order valence-electron chi connectivity index (χ0n) is 11.8. The Morgan fingerprint density at radius 1 is 1.15 bits per heavy atom. The zero-order chi connectivity index (χ0) is 14.7. The molecule has 0 saturated heterocycles. The molecule has 0 amide bonds. The first-order valence-electron chi connectivity index (χ1n) is 6.12. The van der Waals surface area contributed by atoms with E-state index in [1.165, 1.54) is 5.56 Å². The summed E-state index contributed by atoms with van der Waals surface area (Å²) in [4.78, 5) is 15.5. The Bertz CT molecular complexity index is 614. The number of aryl methyl sites for hydroxylation is 1. The van der Waals surface area contributed by atoms with E-state index in [0.717, 1.165) is 10.6 Å². The third-order valence-corrected chi connectivity index (χ3v) is 3.81. The molecule has 20 heavy (non-hydrogen) atoms. The van der Waals surface area contributed by atoms with Crippen LogP contribution in [0.25, 0.3) is 0 Å². The third-order valence-electron chi connectivity index (χ3n) is 2.66. The number of rotatable bonds is 4. The van der Waals surface area contributed by atoms with E-state index in [1.54, 1.807) is 16.7 Å². The van der Waals surface area contributed by atoms with Gasteiger partial charge in [-0.3, -0.25) is 0 Å². The minimum atomic E-state index is 0.239. The normalized spacial score (nSPS) is 10.6. The van der Waals surface area contributed by atoms with Crippen molar-refractivity contribution in [2.24, 2.45) is 0 Å². The van der Waals surface area contributed by atoms with Crippen LogP contribution in [-0.4, -0.2) is 29.0 Å². The number of nitrogens with two attached hydrogens (primary N) is 2. The van der Waals surface area contributed by atoms with Crippen LogP contribution in [0.5, 0.6) is 0 Å². The molecule has 1 aromatic carbocycles. The zero-order valence-corrected chi connectivity index (χ0v) is 12.6. The van der Waals surface area contributed by atoms with Crippen molar-refractivity contribution in [1.82, 2.24) is 15.0 Å². The van der Waals surface area contributed by atoms with Crippen LogP contribution in [0.15, 0.2) is 23.1 Å². The van der Waals surface area contributed by atoms with Crippen LogP contribution >= 0.6 is 11.8 Å². The molecular formula is C13H18N6S. The fourth-order valence-corrected chi connectivity index (χ4v) is 2.53. The van der Waals surface area contributed by atoms with Gasteiger partial charge < -0.3 is 16.4 Å². The van der Waals surface area contributed by atoms with Crippen molar-refractivity contribution in [2.45, 2.75) is 17.6 Å². The van der Waals surface area contributed by atoms with Gasteiger partial charge in [-0.2, -0.15) is 15.0 Å². The molecule has 0 aliphatic heterocycles. The maximum absolute atomic E-state index is 5.80. The van der Waals surface area contributed by atoms with Crippen LogP contribution in [0.4, 0.5) is 17.6 Å². The van der Waals surface area contributed by atoms with Gasteiger partial charge in [0.1, 0.15) is 5.82 Å². The third kappa shape index (κ3) is 3.51. The smallest absolute Gasteiger partial charge is 0.229 e. The summed E-state index contributed by atoms with van der Waals surface area (Å²) in [6.07, 6.45) is 0. The monoisotopic (exact) mass is 290 g/mol. The van der Waals surface area contributed by atoms with Crippen LogP contribution in [0.3, 0.4) is 0 Å². The first-order valence-corrected chi connectivity index (χ1v) is 7.11. The standard InChI is InChI=1S/C13H18N6S/c1-8-4-5-9(14)6-10(8)20-7-11-16-12(15)18-13(17-11)19(2)3/h4-6H,7,14H2,1-3H3,(H2,15,16,17,18). The van der Waals surface area contributed by atoms with E-state index in [9.17, 15) is 0 Å². The van der Waals surface area contributed by atoms with Crippen molar-refractivity contribution in [3.63, 3.8) is 0 Å². The quantitative estimate of drug-likeness (QED) is 0.653. The molecule has 2 rings (SSSR count). The van der Waals surface area contributed by atoms with Gasteiger partial charge in [0.25, 0.3) is 0 Å². The fourth-order valence-electron chi connectivity index (χ4n) is 1.60. The largest absolute Gasteiger partial charge is 0.399 e. The number of thioether (sulfide) groups is 1. The van der Waals surface area contributed by atoms with Gasteiger partial charge in [-0.15, -0.1) is 11.8 Å². The molecule has 0 saturated carbocycles. The molecule has 0 atom stereocenters. The lowest BCUT2D eigenvalue weighted by Gasteiger charge is -2.11. The molecule has 7 heteroatoms. The summed E-state index contributed by atoms with van der Waals surface area (Å²) in [6, 6.07) is 5.85. The summed E-state index contributed by atoms with van der Waals surface area (Å²) in [7, 11) is 3.74. The average Bonchev–Trinajstić information content (AvgIpc) is 2.39. The average molecular weight is 290 g/mol. The van der Waals surface area contributed by atoms with Gasteiger partial charge in [-0.25, -0.2) is 0 Å². The Kier molecular flexibility index (Phi) is 4.29. The van der Waals surface area contributed by atoms with E-state index in [0.29, 0.717) is 17.5 Å². The topological polar surface area (TPSA) is 93.9 Å². The van der Waals surface area contributed by atoms with Crippen LogP contribution in [0, 0.1) is 6.92 Å². The summed E-state index contributed by atoms with van der Waals surface area (Å²) in [5.74, 6) is 2.09. The number of hydrogen-bond donors (Lipinski definition) is 2. The number of hydrogen-bond acceptors (Lipinski definition) is 7. The number of nitrogens with zero attached hydrogens (tertiary/aromatic N) is 4. The molecule has 4 N–H and O–H groups in total. The van der Waals surface area contributed by atoms with Crippen molar-refractivity contribution < 1.29 is 0 Å². The summed E-state index contributed by atoms with van der Waals surface area (Å²) in [6.45, 7) is 2.05. The highest BCUT2D eigenvalue weighted by Crippen LogP contribution is 2.27. The lowest BCUT2D eigenvalue weighted by molar-refractivity contribution is 0.919. The van der Waals surface area contributed by atoms with Crippen LogP contribution in [-0.2, 0) is 5.75 Å². The predicted octanol–water partition coefficient (Wildman–Crippen LogP) is 1.70. The molecule has 0 aliphatic carbocycles. The van der Waals surface area contributed by atoms with E-state index in [1.807, 2.05) is 32.3 Å². The summed E-state index contributed by atoms with van der Waals surface area (Å²) >= 11 is 1.64. The maximum atomic E-state index is 5.80. The molecule has 6 nitrogen and oxygen atoms in total. The molecule has 0 unspecified atom stereocenters. The van der Waals surface area contributed by atoms with Crippen LogP contribution in [0.2, 0.25) is 0 Å². The van der Waals surface area contributed by atoms with Crippen molar-refractivity contribution in [1.29, 1.82) is 0 Å². The van der Waals surface area contributed by atoms with Gasteiger partial charge in [-0.1, -0.05) is 6.07 Å². The number of nitrogen functional groups attached to an aromatic ring is 2. The highest BCUT2D eigenvalue weighted by molar-refractivity contribution is 7.98. The molecule has 1 heterocycles. The molecule has 1 aromatic heterocycles. The summed E-state index contributed by atoms with van der Waals surface area (Å²) in [5, 5.41) is 0. The molecule has 2 aromatic rings. The van der Waals surface area contributed by atoms with E-state index in [2.05, 4.69) is 21.9 Å². The number of aromatic nitrogens is 3. The molecule has 0 radical (unpaired) electrons. The number of benzene rings is 1. The minimum Gasteiger partial charge on any atom is -0.399 e. The van der Waals surface area contributed by atoms with Gasteiger partial charge in [-0.05, 0) is 24.6 Å². The van der Waals surface area contributed by atoms with Crippen molar-refractivity contribution >= 4 is 29.3 Å². The molecule has 0 bridgehead atoms. The van der Waals surface area contributed by atoms with Crippen LogP contribution in [0.1, 0.15) is 11.4 Å². The van der Waals surface area contributed by atoms with Crippen LogP contribution < -0.4 is 16.4 Å². The Hall–Kier alpha value is -2.02. The first-order chi connectivity index (χ1) is 9.45. The Balaban J connectivity index is 2.16. The Labute approximate surface area is 122 Å². The van der Waals surface area contributed by atoms with Crippen molar-refractivity contribution in [3.05, 3.63) is 29.6 Å². The Morgan fingerprint density at radius 3 is 2.60 bits per heavy atom. The van der Waals surface area contributed by atoms with E-state index < -0.39 is 0 Å². The Morgan fingerprint density at radius 2 is 1.90 bits per heavy atom. The molecule has 0 fully saturated rings. The lowest BCUT2D eigenvalue weighted by Crippen LogP contribution is -2.15. The van der Waals surface area contributed by atoms with Gasteiger partial charge in [0.2, 0.25) is 11.9 Å². The highest BCUT2D eigenvalue weighted by Gasteiger charge is 2.08. The lowest BCUT2D eigenvalue weighted by atomic mass is 10.2. The van der Waals surface area contributed by atoms with E-state index >= 15 is 0 Å². The van der Waals surface area contributed by atoms with Gasteiger partial charge >= 0.3 is 0 Å². The SMILES string of the molecule is Cc1ccc(N)cc1SCc1nc(N)nc(N(C)C)n1. The van der Waals surface area contributed by atoms with Gasteiger partial charge in [0.05, 0.1) is 5.75 Å². The second-order valence-corrected chi connectivity index (χ2v) is 5.64. The van der Waals surface area contributed by atoms with E-state index in [-0.39, 0.29) is 5.95 Å². The van der Waals surface area contributed by atoms with Gasteiger partial charge in [0, 0.05) is 24.7 Å². The predicted molar refractivity (Wildman–Crippen MR) is 83.7 cm³/mol. The molecule has 0 aliphatic rings. The summed E-state index contributed by atoms with van der Waals surface area (Å²) < 4.78 is 0. The maximum Gasteiger partial charge on any atom is 0.229 e. The first kappa shape index (κ1) is 14.4. The van der Waals surface area contributed by atoms with E-state index in [4.69, 9.17) is 11.5 Å². The minimum absolute atomic E-state index is 0.239. The highest BCUT2D eigenvalue weighted by atomic mass is 32.2. The molecule has 106 valence electrons. The fraction of sp³-hybridized carbons (Fsp3) is 0.308. The molecular weight excluding hydrogens is 272 g/mol. The van der Waals surface area contributed by atoms with Crippen molar-refractivity contribution in [2.75, 3.05) is 30.5 Å². The summed E-state index contributed by atoms with van der Waals surface area (Å²) in [5.41, 5.74) is 13.4.